The predicted octanol–water partition coefficient (Wildman–Crippen LogP) is 4.19. The summed E-state index contributed by atoms with van der Waals surface area (Å²) >= 11 is 10.9. The summed E-state index contributed by atoms with van der Waals surface area (Å²) in [4.78, 5) is 10.8. The number of hydrogen-bond donors (Lipinski definition) is 0. The van der Waals surface area contributed by atoms with Gasteiger partial charge in [-0.2, -0.15) is 13.2 Å². The lowest BCUT2D eigenvalue weighted by Crippen LogP contribution is -2.24. The molecule has 0 heterocycles. The number of benzene rings is 1. The monoisotopic (exact) mass is 274 g/mol. The smallest absolute Gasteiger partial charge is 0.284 e. The van der Waals surface area contributed by atoms with E-state index < -0.39 is 28.4 Å². The van der Waals surface area contributed by atoms with Crippen LogP contribution in [0.4, 0.5) is 17.6 Å². The van der Waals surface area contributed by atoms with Crippen LogP contribution in [-0.4, -0.2) is 12.0 Å². The van der Waals surface area contributed by atoms with Gasteiger partial charge >= 0.3 is 6.18 Å². The van der Waals surface area contributed by atoms with E-state index >= 15 is 0 Å². The molecule has 0 N–H and O–H groups in total. The Labute approximate surface area is 98.0 Å². The number of carbonyl (C=O) groups excluding carboxylic acids is 1. The summed E-state index contributed by atoms with van der Waals surface area (Å²) in [6, 6.07) is 0.722. The van der Waals surface area contributed by atoms with Crippen molar-refractivity contribution in [1.82, 2.24) is 0 Å². The van der Waals surface area contributed by atoms with Crippen molar-refractivity contribution in [3.63, 3.8) is 0 Å². The Hall–Kier alpha value is -0.810. The van der Waals surface area contributed by atoms with Crippen LogP contribution in [-0.2, 0) is 0 Å². The maximum atomic E-state index is 13.3. The van der Waals surface area contributed by atoms with E-state index in [1.54, 1.807) is 0 Å². The standard InChI is InChI=1S/C9H4Cl2F4O/c1-3-2-4(8(16)9(13,14)15)7(12)6(11)5(3)10/h2H,1H3. The Morgan fingerprint density at radius 3 is 2.19 bits per heavy atom. The van der Waals surface area contributed by atoms with Crippen LogP contribution in [0.15, 0.2) is 6.07 Å². The maximum absolute atomic E-state index is 13.3. The first kappa shape index (κ1) is 13.3. The van der Waals surface area contributed by atoms with E-state index in [0.717, 1.165) is 6.07 Å². The summed E-state index contributed by atoms with van der Waals surface area (Å²) in [5.41, 5.74) is -1.03. The number of halogens is 6. The molecule has 1 aromatic carbocycles. The van der Waals surface area contributed by atoms with Crippen LogP contribution in [0.25, 0.3) is 0 Å². The molecule has 0 fully saturated rings. The molecule has 0 bridgehead atoms. The first-order valence-electron chi connectivity index (χ1n) is 3.92. The van der Waals surface area contributed by atoms with Crippen molar-refractivity contribution in [3.05, 3.63) is 33.1 Å². The summed E-state index contributed by atoms with van der Waals surface area (Å²) < 4.78 is 49.5. The van der Waals surface area contributed by atoms with Gasteiger partial charge in [-0.25, -0.2) is 4.39 Å². The molecule has 7 heteroatoms. The van der Waals surface area contributed by atoms with Gasteiger partial charge in [-0.1, -0.05) is 23.2 Å². The number of ketones is 1. The Balaban J connectivity index is 3.43. The van der Waals surface area contributed by atoms with Gasteiger partial charge in [0.15, 0.2) is 5.82 Å². The Kier molecular flexibility index (Phi) is 3.50. The lowest BCUT2D eigenvalue weighted by atomic mass is 10.1. The fourth-order valence-electron chi connectivity index (χ4n) is 1.05. The minimum atomic E-state index is -5.15. The van der Waals surface area contributed by atoms with Crippen LogP contribution >= 0.6 is 23.2 Å². The number of carbonyl (C=O) groups is 1. The molecule has 0 aliphatic rings. The van der Waals surface area contributed by atoms with Gasteiger partial charge in [-0.15, -0.1) is 0 Å². The fourth-order valence-corrected chi connectivity index (χ4v) is 1.44. The van der Waals surface area contributed by atoms with E-state index in [2.05, 4.69) is 0 Å². The van der Waals surface area contributed by atoms with Gasteiger partial charge in [-0.05, 0) is 18.6 Å². The second kappa shape index (κ2) is 4.22. The largest absolute Gasteiger partial charge is 0.454 e. The van der Waals surface area contributed by atoms with E-state index in [9.17, 15) is 22.4 Å². The zero-order chi connectivity index (χ0) is 12.7. The van der Waals surface area contributed by atoms with Crippen molar-refractivity contribution < 1.29 is 22.4 Å². The van der Waals surface area contributed by atoms with Crippen LogP contribution in [0.5, 0.6) is 0 Å². The van der Waals surface area contributed by atoms with Crippen LogP contribution in [0.3, 0.4) is 0 Å². The van der Waals surface area contributed by atoms with Crippen molar-refractivity contribution in [1.29, 1.82) is 0 Å². The van der Waals surface area contributed by atoms with Gasteiger partial charge in [-0.3, -0.25) is 4.79 Å². The topological polar surface area (TPSA) is 17.1 Å². The Morgan fingerprint density at radius 2 is 1.75 bits per heavy atom. The van der Waals surface area contributed by atoms with Crippen LogP contribution in [0.1, 0.15) is 15.9 Å². The number of hydrogen-bond acceptors (Lipinski definition) is 1. The van der Waals surface area contributed by atoms with Gasteiger partial charge in [0.1, 0.15) is 0 Å². The molecular weight excluding hydrogens is 271 g/mol. The van der Waals surface area contributed by atoms with Crippen molar-refractivity contribution in [2.24, 2.45) is 0 Å². The van der Waals surface area contributed by atoms with Crippen LogP contribution in [0.2, 0.25) is 10.0 Å². The highest BCUT2D eigenvalue weighted by Crippen LogP contribution is 2.33. The second-order valence-corrected chi connectivity index (χ2v) is 3.77. The molecule has 1 aromatic rings. The molecule has 0 aromatic heterocycles. The van der Waals surface area contributed by atoms with Crippen molar-refractivity contribution in [2.45, 2.75) is 13.1 Å². The molecule has 0 radical (unpaired) electrons. The molecule has 0 spiro atoms. The van der Waals surface area contributed by atoms with E-state index in [1.807, 2.05) is 0 Å². The molecule has 0 atom stereocenters. The maximum Gasteiger partial charge on any atom is 0.454 e. The Morgan fingerprint density at radius 1 is 1.25 bits per heavy atom. The molecule has 0 unspecified atom stereocenters. The quantitative estimate of drug-likeness (QED) is 0.426. The number of alkyl halides is 3. The third-order valence-electron chi connectivity index (χ3n) is 1.83. The molecule has 0 aliphatic heterocycles. The SMILES string of the molecule is Cc1cc(C(=O)C(F)(F)F)c(F)c(Cl)c1Cl. The lowest BCUT2D eigenvalue weighted by molar-refractivity contribution is -0.0887. The zero-order valence-corrected chi connectivity index (χ0v) is 9.27. The minimum absolute atomic E-state index is 0.0978. The van der Waals surface area contributed by atoms with E-state index in [4.69, 9.17) is 23.2 Å². The molecule has 1 rings (SSSR count). The first-order valence-corrected chi connectivity index (χ1v) is 4.67. The summed E-state index contributed by atoms with van der Waals surface area (Å²) in [7, 11) is 0. The molecule has 1 nitrogen and oxygen atoms in total. The van der Waals surface area contributed by atoms with Crippen molar-refractivity contribution in [3.8, 4) is 0 Å². The van der Waals surface area contributed by atoms with Crippen molar-refractivity contribution in [2.75, 3.05) is 0 Å². The molecule has 0 amide bonds. The molecule has 16 heavy (non-hydrogen) atoms. The van der Waals surface area contributed by atoms with Gasteiger partial charge in [0.2, 0.25) is 0 Å². The average Bonchev–Trinajstić information content (AvgIpc) is 2.18. The fraction of sp³-hybridized carbons (Fsp3) is 0.222. The Bertz CT molecular complexity index is 454. The molecule has 0 saturated heterocycles. The second-order valence-electron chi connectivity index (χ2n) is 3.01. The molecule has 88 valence electrons. The van der Waals surface area contributed by atoms with Crippen LogP contribution < -0.4 is 0 Å². The summed E-state index contributed by atoms with van der Waals surface area (Å²) in [5, 5.41) is -0.896. The number of Topliss-reactive ketones (excluding diaryl/α,β-unsaturated/α-hetero) is 1. The normalized spacial score (nSPS) is 11.7. The highest BCUT2D eigenvalue weighted by molar-refractivity contribution is 6.42. The van der Waals surface area contributed by atoms with Gasteiger partial charge in [0.25, 0.3) is 5.78 Å². The van der Waals surface area contributed by atoms with E-state index in [1.165, 1.54) is 6.92 Å². The third-order valence-corrected chi connectivity index (χ3v) is 2.77. The molecule has 0 saturated carbocycles. The van der Waals surface area contributed by atoms with E-state index in [-0.39, 0.29) is 10.6 Å². The van der Waals surface area contributed by atoms with Gasteiger partial charge in [0, 0.05) is 0 Å². The lowest BCUT2D eigenvalue weighted by Gasteiger charge is -2.09. The molecular formula is C9H4Cl2F4O. The van der Waals surface area contributed by atoms with Gasteiger partial charge in [0.05, 0.1) is 15.6 Å². The highest BCUT2D eigenvalue weighted by Gasteiger charge is 2.41. The number of rotatable bonds is 1. The molecule has 0 aliphatic carbocycles. The average molecular weight is 275 g/mol. The van der Waals surface area contributed by atoms with Gasteiger partial charge < -0.3 is 0 Å². The third kappa shape index (κ3) is 2.30. The highest BCUT2D eigenvalue weighted by atomic mass is 35.5. The summed E-state index contributed by atoms with van der Waals surface area (Å²) in [6.45, 7) is 1.32. The van der Waals surface area contributed by atoms with E-state index in [0.29, 0.717) is 0 Å². The van der Waals surface area contributed by atoms with Crippen LogP contribution in [0, 0.1) is 12.7 Å². The summed E-state index contributed by atoms with van der Waals surface area (Å²) in [5.74, 6) is -3.74. The minimum Gasteiger partial charge on any atom is -0.284 e. The number of aryl methyl sites for hydroxylation is 1. The first-order chi connectivity index (χ1) is 7.16. The predicted molar refractivity (Wildman–Crippen MR) is 51.5 cm³/mol. The summed E-state index contributed by atoms with van der Waals surface area (Å²) in [6.07, 6.45) is -5.15. The zero-order valence-electron chi connectivity index (χ0n) is 7.75. The van der Waals surface area contributed by atoms with Crippen molar-refractivity contribution >= 4 is 29.0 Å².